The highest BCUT2D eigenvalue weighted by molar-refractivity contribution is 5.75. The van der Waals surface area contributed by atoms with Gasteiger partial charge in [0.15, 0.2) is 0 Å². The Morgan fingerprint density at radius 3 is 2.96 bits per heavy atom. The third-order valence-electron chi connectivity index (χ3n) is 4.68. The number of hydrogen-bond donors (Lipinski definition) is 1. The van der Waals surface area contributed by atoms with Crippen LogP contribution >= 0.6 is 0 Å². The van der Waals surface area contributed by atoms with Gasteiger partial charge in [0.05, 0.1) is 41.8 Å². The quantitative estimate of drug-likeness (QED) is 0.731. The van der Waals surface area contributed by atoms with E-state index in [1.807, 2.05) is 24.3 Å². The fraction of sp³-hybridized carbons (Fsp3) is 0.368. The van der Waals surface area contributed by atoms with Crippen molar-refractivity contribution in [3.8, 4) is 0 Å². The van der Waals surface area contributed by atoms with E-state index in [2.05, 4.69) is 25.3 Å². The maximum Gasteiger partial charge on any atom is 0.268 e. The van der Waals surface area contributed by atoms with Crippen molar-refractivity contribution < 1.29 is 4.74 Å². The molecule has 1 unspecified atom stereocenters. The Morgan fingerprint density at radius 2 is 2.11 bits per heavy atom. The topological polar surface area (TPSA) is 85.2 Å². The molecule has 1 aromatic carbocycles. The molecule has 8 heteroatoms. The molecule has 3 aromatic rings. The number of aryl methyl sites for hydroxylation is 1. The molecule has 3 heterocycles. The highest BCUT2D eigenvalue weighted by Crippen LogP contribution is 2.17. The van der Waals surface area contributed by atoms with E-state index < -0.39 is 0 Å². The van der Waals surface area contributed by atoms with Crippen molar-refractivity contribution in [2.75, 3.05) is 36.5 Å². The molecular formula is C19H22N6O2. The van der Waals surface area contributed by atoms with Gasteiger partial charge in [0.25, 0.3) is 5.56 Å². The number of anilines is 2. The number of aromatic nitrogens is 4. The normalized spacial score (nSPS) is 17.2. The lowest BCUT2D eigenvalue weighted by Crippen LogP contribution is -2.43. The van der Waals surface area contributed by atoms with Crippen molar-refractivity contribution in [1.29, 1.82) is 0 Å². The molecular weight excluding hydrogens is 344 g/mol. The highest BCUT2D eigenvalue weighted by atomic mass is 16.5. The Hall–Kier alpha value is -3.00. The van der Waals surface area contributed by atoms with Gasteiger partial charge in [-0.2, -0.15) is 5.10 Å². The van der Waals surface area contributed by atoms with Crippen LogP contribution in [0.3, 0.4) is 0 Å². The van der Waals surface area contributed by atoms with Crippen LogP contribution in [0.2, 0.25) is 0 Å². The van der Waals surface area contributed by atoms with E-state index in [9.17, 15) is 4.79 Å². The summed E-state index contributed by atoms with van der Waals surface area (Å²) in [5, 5.41) is 7.42. The maximum atomic E-state index is 11.8. The summed E-state index contributed by atoms with van der Waals surface area (Å²) in [5.74, 6) is 0.761. The number of fused-ring (bicyclic) bond motifs is 1. The first-order valence-corrected chi connectivity index (χ1v) is 9.04. The van der Waals surface area contributed by atoms with Crippen molar-refractivity contribution in [2.45, 2.75) is 12.5 Å². The number of para-hydroxylation sites is 2. The molecule has 2 aromatic heterocycles. The van der Waals surface area contributed by atoms with Crippen LogP contribution in [0.5, 0.6) is 0 Å². The number of nitrogens with zero attached hydrogens (tertiary/aromatic N) is 5. The van der Waals surface area contributed by atoms with Gasteiger partial charge in [0, 0.05) is 32.7 Å². The lowest BCUT2D eigenvalue weighted by atomic mass is 10.2. The summed E-state index contributed by atoms with van der Waals surface area (Å²) in [4.78, 5) is 22.9. The Bertz CT molecular complexity index is 989. The number of ether oxygens (including phenoxy) is 1. The molecule has 0 radical (unpaired) electrons. The molecule has 4 rings (SSSR count). The molecule has 0 saturated carbocycles. The summed E-state index contributed by atoms with van der Waals surface area (Å²) in [6.07, 6.45) is 4.40. The van der Waals surface area contributed by atoms with Crippen molar-refractivity contribution in [3.63, 3.8) is 0 Å². The van der Waals surface area contributed by atoms with Crippen LogP contribution in [0.15, 0.2) is 47.5 Å². The monoisotopic (exact) mass is 366 g/mol. The minimum absolute atomic E-state index is 0.0868. The zero-order valence-corrected chi connectivity index (χ0v) is 15.2. The SMILES string of the molecule is Cn1ncc(N2CCOC(CCNc3cnc4ccccc4n3)C2)cc1=O. The average molecular weight is 366 g/mol. The Kier molecular flexibility index (Phi) is 4.97. The van der Waals surface area contributed by atoms with E-state index in [1.54, 1.807) is 25.5 Å². The first kappa shape index (κ1) is 17.4. The highest BCUT2D eigenvalue weighted by Gasteiger charge is 2.21. The lowest BCUT2D eigenvalue weighted by molar-refractivity contribution is 0.0374. The van der Waals surface area contributed by atoms with E-state index in [1.165, 1.54) is 4.68 Å². The molecule has 8 nitrogen and oxygen atoms in total. The number of morpholine rings is 1. The summed E-state index contributed by atoms with van der Waals surface area (Å²) >= 11 is 0. The molecule has 140 valence electrons. The van der Waals surface area contributed by atoms with E-state index in [4.69, 9.17) is 4.74 Å². The van der Waals surface area contributed by atoms with Gasteiger partial charge in [-0.3, -0.25) is 9.78 Å². The van der Waals surface area contributed by atoms with Crippen LogP contribution in [0.25, 0.3) is 11.0 Å². The molecule has 1 saturated heterocycles. The fourth-order valence-electron chi connectivity index (χ4n) is 3.16. The van der Waals surface area contributed by atoms with Crippen molar-refractivity contribution in [1.82, 2.24) is 19.7 Å². The largest absolute Gasteiger partial charge is 0.374 e. The van der Waals surface area contributed by atoms with Crippen molar-refractivity contribution >= 4 is 22.5 Å². The van der Waals surface area contributed by atoms with Crippen LogP contribution in [-0.4, -0.2) is 52.1 Å². The zero-order valence-electron chi connectivity index (χ0n) is 15.2. The Balaban J connectivity index is 1.33. The van der Waals surface area contributed by atoms with Crippen LogP contribution < -0.4 is 15.8 Å². The molecule has 1 aliphatic heterocycles. The van der Waals surface area contributed by atoms with Crippen molar-refractivity contribution in [2.24, 2.45) is 7.05 Å². The van der Waals surface area contributed by atoms with Gasteiger partial charge < -0.3 is 15.0 Å². The molecule has 1 aliphatic rings. The van der Waals surface area contributed by atoms with Gasteiger partial charge >= 0.3 is 0 Å². The third-order valence-corrected chi connectivity index (χ3v) is 4.68. The number of rotatable bonds is 5. The third kappa shape index (κ3) is 4.06. The molecule has 27 heavy (non-hydrogen) atoms. The predicted molar refractivity (Wildman–Crippen MR) is 104 cm³/mol. The minimum atomic E-state index is -0.105. The van der Waals surface area contributed by atoms with Gasteiger partial charge in [-0.05, 0) is 18.6 Å². The van der Waals surface area contributed by atoms with E-state index >= 15 is 0 Å². The van der Waals surface area contributed by atoms with Gasteiger partial charge in [0.2, 0.25) is 0 Å². The summed E-state index contributed by atoms with van der Waals surface area (Å²) in [5.41, 5.74) is 2.50. The fourth-order valence-corrected chi connectivity index (χ4v) is 3.16. The smallest absolute Gasteiger partial charge is 0.268 e. The molecule has 1 N–H and O–H groups in total. The second kappa shape index (κ2) is 7.71. The van der Waals surface area contributed by atoms with Gasteiger partial charge in [0.1, 0.15) is 5.82 Å². The van der Waals surface area contributed by atoms with Crippen LogP contribution in [0, 0.1) is 0 Å². The Morgan fingerprint density at radius 1 is 1.26 bits per heavy atom. The maximum absolute atomic E-state index is 11.8. The first-order valence-electron chi connectivity index (χ1n) is 9.04. The second-order valence-electron chi connectivity index (χ2n) is 6.57. The van der Waals surface area contributed by atoms with Crippen LogP contribution in [0.4, 0.5) is 11.5 Å². The van der Waals surface area contributed by atoms with E-state index in [0.717, 1.165) is 48.6 Å². The number of nitrogens with one attached hydrogen (secondary N) is 1. The second-order valence-corrected chi connectivity index (χ2v) is 6.57. The minimum Gasteiger partial charge on any atom is -0.374 e. The lowest BCUT2D eigenvalue weighted by Gasteiger charge is -2.34. The zero-order chi connectivity index (χ0) is 18.6. The molecule has 0 aliphatic carbocycles. The summed E-state index contributed by atoms with van der Waals surface area (Å²) < 4.78 is 7.20. The van der Waals surface area contributed by atoms with Gasteiger partial charge in [-0.15, -0.1) is 0 Å². The van der Waals surface area contributed by atoms with Crippen LogP contribution in [-0.2, 0) is 11.8 Å². The van der Waals surface area contributed by atoms with E-state index in [0.29, 0.717) is 6.61 Å². The molecule has 0 spiro atoms. The Labute approximate surface area is 156 Å². The number of hydrogen-bond acceptors (Lipinski definition) is 7. The molecule has 1 fully saturated rings. The summed E-state index contributed by atoms with van der Waals surface area (Å²) in [6, 6.07) is 9.43. The molecule has 1 atom stereocenters. The molecule has 0 amide bonds. The van der Waals surface area contributed by atoms with Crippen LogP contribution in [0.1, 0.15) is 6.42 Å². The van der Waals surface area contributed by atoms with Gasteiger partial charge in [-0.25, -0.2) is 9.67 Å². The standard InChI is InChI=1S/C19H22N6O2/c1-24-19(26)10-14(11-22-24)25-8-9-27-15(13-25)6-7-20-18-12-21-16-4-2-3-5-17(16)23-18/h2-5,10-12,15H,6-9,13H2,1H3,(H,20,23). The first-order chi connectivity index (χ1) is 13.2. The summed E-state index contributed by atoms with van der Waals surface area (Å²) in [7, 11) is 1.65. The van der Waals surface area contributed by atoms with E-state index in [-0.39, 0.29) is 11.7 Å². The van der Waals surface area contributed by atoms with Gasteiger partial charge in [-0.1, -0.05) is 12.1 Å². The predicted octanol–water partition coefficient (Wildman–Crippen LogP) is 1.43. The molecule has 0 bridgehead atoms. The average Bonchev–Trinajstić information content (AvgIpc) is 2.70. The van der Waals surface area contributed by atoms with Crippen molar-refractivity contribution in [3.05, 3.63) is 53.1 Å². The number of benzene rings is 1. The summed E-state index contributed by atoms with van der Waals surface area (Å²) in [6.45, 7) is 2.87.